The molecule has 0 spiro atoms. The van der Waals surface area contributed by atoms with Crippen LogP contribution in [0.1, 0.15) is 16.2 Å². The van der Waals surface area contributed by atoms with E-state index in [1.54, 1.807) is 24.4 Å². The highest BCUT2D eigenvalue weighted by Crippen LogP contribution is 2.18. The number of amides is 1. The number of imidazole rings is 1. The summed E-state index contributed by atoms with van der Waals surface area (Å²) in [6.07, 6.45) is 3.51. The van der Waals surface area contributed by atoms with Gasteiger partial charge in [-0.1, -0.05) is 0 Å². The van der Waals surface area contributed by atoms with E-state index in [0.29, 0.717) is 23.5 Å². The summed E-state index contributed by atoms with van der Waals surface area (Å²) in [6, 6.07) is 4.91. The summed E-state index contributed by atoms with van der Waals surface area (Å²) in [7, 11) is 3.41. The molecule has 0 aliphatic carbocycles. The van der Waals surface area contributed by atoms with Crippen molar-refractivity contribution >= 4 is 11.6 Å². The predicted octanol–water partition coefficient (Wildman–Crippen LogP) is 0.941. The normalized spacial score (nSPS) is 10.2. The van der Waals surface area contributed by atoms with Gasteiger partial charge in [0.15, 0.2) is 0 Å². The van der Waals surface area contributed by atoms with E-state index in [4.69, 9.17) is 10.5 Å². The molecule has 0 bridgehead atoms. The lowest BCUT2D eigenvalue weighted by atomic mass is 10.1. The Labute approximate surface area is 111 Å². The predicted molar refractivity (Wildman–Crippen MR) is 71.8 cm³/mol. The summed E-state index contributed by atoms with van der Waals surface area (Å²) in [6.45, 7) is 0.361. The van der Waals surface area contributed by atoms with Crippen LogP contribution in [0.4, 0.5) is 5.69 Å². The molecule has 6 heteroatoms. The lowest BCUT2D eigenvalue weighted by molar-refractivity contribution is 0.0949. The highest BCUT2D eigenvalue weighted by Gasteiger charge is 2.09. The van der Waals surface area contributed by atoms with Crippen molar-refractivity contribution in [2.75, 3.05) is 12.8 Å². The second-order valence-electron chi connectivity index (χ2n) is 4.13. The summed E-state index contributed by atoms with van der Waals surface area (Å²) in [5.41, 5.74) is 6.66. The Balaban J connectivity index is 2.08. The first-order chi connectivity index (χ1) is 9.10. The van der Waals surface area contributed by atoms with Crippen LogP contribution in [-0.4, -0.2) is 22.6 Å². The number of benzene rings is 1. The quantitative estimate of drug-likeness (QED) is 0.801. The zero-order chi connectivity index (χ0) is 13.8. The molecule has 0 radical (unpaired) electrons. The van der Waals surface area contributed by atoms with Gasteiger partial charge >= 0.3 is 0 Å². The molecule has 0 aliphatic rings. The van der Waals surface area contributed by atoms with Crippen LogP contribution in [-0.2, 0) is 13.6 Å². The Bertz CT molecular complexity index is 592. The number of carbonyl (C=O) groups is 1. The number of carbonyl (C=O) groups excluding carboxylic acids is 1. The third-order valence-electron chi connectivity index (χ3n) is 2.75. The van der Waals surface area contributed by atoms with Gasteiger partial charge in [0.05, 0.1) is 13.7 Å². The van der Waals surface area contributed by atoms with Gasteiger partial charge in [0, 0.05) is 36.8 Å². The van der Waals surface area contributed by atoms with Gasteiger partial charge in [-0.3, -0.25) is 4.79 Å². The first-order valence-corrected chi connectivity index (χ1v) is 5.79. The van der Waals surface area contributed by atoms with E-state index in [1.807, 2.05) is 17.8 Å². The SMILES string of the molecule is COc1cc(N)cc(C(=O)NCc2nccn2C)c1. The number of hydrogen-bond donors (Lipinski definition) is 2. The van der Waals surface area contributed by atoms with Crippen molar-refractivity contribution in [3.63, 3.8) is 0 Å². The fourth-order valence-electron chi connectivity index (χ4n) is 1.70. The second-order valence-corrected chi connectivity index (χ2v) is 4.13. The van der Waals surface area contributed by atoms with Crippen LogP contribution in [0.15, 0.2) is 30.6 Å². The third kappa shape index (κ3) is 3.04. The maximum absolute atomic E-state index is 12.0. The molecule has 3 N–H and O–H groups in total. The van der Waals surface area contributed by atoms with Gasteiger partial charge < -0.3 is 20.4 Å². The highest BCUT2D eigenvalue weighted by molar-refractivity contribution is 5.95. The van der Waals surface area contributed by atoms with Crippen LogP contribution in [0.5, 0.6) is 5.75 Å². The summed E-state index contributed by atoms with van der Waals surface area (Å²) in [5, 5.41) is 2.79. The van der Waals surface area contributed by atoms with Crippen molar-refractivity contribution in [2.45, 2.75) is 6.54 Å². The molecular weight excluding hydrogens is 244 g/mol. The van der Waals surface area contributed by atoms with Crippen LogP contribution in [0.2, 0.25) is 0 Å². The van der Waals surface area contributed by atoms with Gasteiger partial charge in [0.1, 0.15) is 11.6 Å². The largest absolute Gasteiger partial charge is 0.497 e. The second kappa shape index (κ2) is 5.43. The number of hydrogen-bond acceptors (Lipinski definition) is 4. The molecule has 2 rings (SSSR count). The molecule has 0 atom stereocenters. The third-order valence-corrected chi connectivity index (χ3v) is 2.75. The van der Waals surface area contributed by atoms with Crippen molar-refractivity contribution in [3.8, 4) is 5.75 Å². The van der Waals surface area contributed by atoms with Crippen molar-refractivity contribution in [3.05, 3.63) is 42.0 Å². The number of nitrogen functional groups attached to an aromatic ring is 1. The van der Waals surface area contributed by atoms with Crippen LogP contribution < -0.4 is 15.8 Å². The van der Waals surface area contributed by atoms with Gasteiger partial charge in [-0.25, -0.2) is 4.98 Å². The lowest BCUT2D eigenvalue weighted by Gasteiger charge is -2.08. The molecule has 1 aromatic carbocycles. The first-order valence-electron chi connectivity index (χ1n) is 5.79. The average molecular weight is 260 g/mol. The standard InChI is InChI=1S/C13H16N4O2/c1-17-4-3-15-12(17)8-16-13(18)9-5-10(14)7-11(6-9)19-2/h3-7H,8,14H2,1-2H3,(H,16,18). The molecule has 19 heavy (non-hydrogen) atoms. The Morgan fingerprint density at radius 2 is 2.26 bits per heavy atom. The number of aromatic nitrogens is 2. The number of nitrogens with zero attached hydrogens (tertiary/aromatic N) is 2. The molecule has 1 heterocycles. The van der Waals surface area contributed by atoms with Crippen LogP contribution >= 0.6 is 0 Å². The lowest BCUT2D eigenvalue weighted by Crippen LogP contribution is -2.24. The average Bonchev–Trinajstić information content (AvgIpc) is 2.80. The van der Waals surface area contributed by atoms with E-state index in [2.05, 4.69) is 10.3 Å². The molecule has 100 valence electrons. The van der Waals surface area contributed by atoms with Crippen molar-refractivity contribution in [1.29, 1.82) is 0 Å². The van der Waals surface area contributed by atoms with E-state index in [9.17, 15) is 4.79 Å². The monoisotopic (exact) mass is 260 g/mol. The number of anilines is 1. The Kier molecular flexibility index (Phi) is 3.70. The van der Waals surface area contributed by atoms with E-state index < -0.39 is 0 Å². The zero-order valence-electron chi connectivity index (χ0n) is 10.9. The van der Waals surface area contributed by atoms with Crippen LogP contribution in [0.25, 0.3) is 0 Å². The van der Waals surface area contributed by atoms with Gasteiger partial charge in [-0.2, -0.15) is 0 Å². The number of methoxy groups -OCH3 is 1. The molecule has 1 aromatic heterocycles. The topological polar surface area (TPSA) is 82.2 Å². The minimum atomic E-state index is -0.214. The minimum Gasteiger partial charge on any atom is -0.497 e. The molecule has 1 amide bonds. The van der Waals surface area contributed by atoms with E-state index in [1.165, 1.54) is 7.11 Å². The first kappa shape index (κ1) is 12.9. The Hall–Kier alpha value is -2.50. The van der Waals surface area contributed by atoms with Gasteiger partial charge in [0.2, 0.25) is 0 Å². The number of ether oxygens (including phenoxy) is 1. The minimum absolute atomic E-state index is 0.214. The van der Waals surface area contributed by atoms with Crippen LogP contribution in [0, 0.1) is 0 Å². The van der Waals surface area contributed by atoms with Crippen molar-refractivity contribution < 1.29 is 9.53 Å². The summed E-state index contributed by atoms with van der Waals surface area (Å²) < 4.78 is 6.93. The molecule has 0 saturated heterocycles. The smallest absolute Gasteiger partial charge is 0.251 e. The van der Waals surface area contributed by atoms with Crippen molar-refractivity contribution in [1.82, 2.24) is 14.9 Å². The van der Waals surface area contributed by atoms with E-state index in [-0.39, 0.29) is 5.91 Å². The van der Waals surface area contributed by atoms with Gasteiger partial charge in [-0.15, -0.1) is 0 Å². The molecule has 2 aromatic rings. The Morgan fingerprint density at radius 1 is 1.47 bits per heavy atom. The number of rotatable bonds is 4. The van der Waals surface area contributed by atoms with Crippen LogP contribution in [0.3, 0.4) is 0 Å². The molecule has 0 unspecified atom stereocenters. The number of aryl methyl sites for hydroxylation is 1. The Morgan fingerprint density at radius 3 is 2.89 bits per heavy atom. The molecule has 6 nitrogen and oxygen atoms in total. The summed E-state index contributed by atoms with van der Waals surface area (Å²) in [4.78, 5) is 16.1. The van der Waals surface area contributed by atoms with Gasteiger partial charge in [-0.05, 0) is 12.1 Å². The van der Waals surface area contributed by atoms with E-state index >= 15 is 0 Å². The molecule has 0 fully saturated rings. The van der Waals surface area contributed by atoms with Gasteiger partial charge in [0.25, 0.3) is 5.91 Å². The number of nitrogens with two attached hydrogens (primary N) is 1. The summed E-state index contributed by atoms with van der Waals surface area (Å²) in [5.74, 6) is 1.12. The van der Waals surface area contributed by atoms with E-state index in [0.717, 1.165) is 5.82 Å². The molecule has 0 saturated carbocycles. The maximum atomic E-state index is 12.0. The highest BCUT2D eigenvalue weighted by atomic mass is 16.5. The maximum Gasteiger partial charge on any atom is 0.251 e. The zero-order valence-corrected chi connectivity index (χ0v) is 10.9. The fourth-order valence-corrected chi connectivity index (χ4v) is 1.70. The fraction of sp³-hybridized carbons (Fsp3) is 0.231. The number of nitrogens with one attached hydrogen (secondary N) is 1. The summed E-state index contributed by atoms with van der Waals surface area (Å²) >= 11 is 0. The molecule has 0 aliphatic heterocycles. The molecular formula is C13H16N4O2. The van der Waals surface area contributed by atoms with Crippen molar-refractivity contribution in [2.24, 2.45) is 7.05 Å².